The molecular formula is C16H21N3O2S. The summed E-state index contributed by atoms with van der Waals surface area (Å²) in [6.07, 6.45) is 0. The van der Waals surface area contributed by atoms with Crippen LogP contribution >= 0.6 is 11.3 Å². The Morgan fingerprint density at radius 2 is 2.14 bits per heavy atom. The standard InChI is InChI=1S/C16H21N3O2S/c1-10-7-11(2)18-16(21)14(10)15(20)17-8-13(19(3)4)12-5-6-22-9-12/h5-7,9,13H,8H2,1-4H3,(H,17,20)(H,18,21)/t13-/m1/s1. The lowest BCUT2D eigenvalue weighted by Gasteiger charge is -2.24. The third kappa shape index (κ3) is 3.64. The van der Waals surface area contributed by atoms with E-state index in [1.807, 2.05) is 25.5 Å². The second-order valence-electron chi connectivity index (χ2n) is 5.59. The molecule has 0 aliphatic rings. The highest BCUT2D eigenvalue weighted by Gasteiger charge is 2.19. The summed E-state index contributed by atoms with van der Waals surface area (Å²) >= 11 is 1.63. The molecular weight excluding hydrogens is 298 g/mol. The molecule has 0 saturated carbocycles. The number of aromatic nitrogens is 1. The first kappa shape index (κ1) is 16.5. The van der Waals surface area contributed by atoms with Gasteiger partial charge in [0, 0.05) is 12.2 Å². The van der Waals surface area contributed by atoms with Crippen LogP contribution in [0.3, 0.4) is 0 Å². The van der Waals surface area contributed by atoms with Crippen molar-refractivity contribution < 1.29 is 4.79 Å². The number of nitrogens with one attached hydrogen (secondary N) is 2. The maximum absolute atomic E-state index is 12.3. The van der Waals surface area contributed by atoms with E-state index >= 15 is 0 Å². The summed E-state index contributed by atoms with van der Waals surface area (Å²) in [5, 5.41) is 6.96. The van der Waals surface area contributed by atoms with Gasteiger partial charge >= 0.3 is 0 Å². The Kier molecular flexibility index (Phi) is 5.15. The number of nitrogens with zero attached hydrogens (tertiary/aromatic N) is 1. The second-order valence-corrected chi connectivity index (χ2v) is 6.37. The Labute approximate surface area is 134 Å². The SMILES string of the molecule is Cc1cc(C)c(C(=O)NC[C@H](c2ccsc2)N(C)C)c(=O)[nH]1. The molecule has 2 aromatic heterocycles. The molecule has 0 bridgehead atoms. The molecule has 22 heavy (non-hydrogen) atoms. The molecule has 2 aromatic rings. The molecule has 2 heterocycles. The van der Waals surface area contributed by atoms with Crippen LogP contribution in [0.2, 0.25) is 0 Å². The zero-order valence-electron chi connectivity index (χ0n) is 13.3. The van der Waals surface area contributed by atoms with Crippen molar-refractivity contribution in [2.24, 2.45) is 0 Å². The molecule has 2 N–H and O–H groups in total. The van der Waals surface area contributed by atoms with E-state index in [0.717, 1.165) is 11.3 Å². The maximum Gasteiger partial charge on any atom is 0.261 e. The molecule has 5 nitrogen and oxygen atoms in total. The normalized spacial score (nSPS) is 12.4. The smallest absolute Gasteiger partial charge is 0.261 e. The molecule has 1 atom stereocenters. The van der Waals surface area contributed by atoms with Crippen LogP contribution in [0.25, 0.3) is 0 Å². The lowest BCUT2D eigenvalue weighted by Crippen LogP contribution is -2.37. The highest BCUT2D eigenvalue weighted by Crippen LogP contribution is 2.20. The van der Waals surface area contributed by atoms with Gasteiger partial charge in [-0.15, -0.1) is 0 Å². The van der Waals surface area contributed by atoms with E-state index in [1.165, 1.54) is 0 Å². The summed E-state index contributed by atoms with van der Waals surface area (Å²) in [5.74, 6) is -0.333. The van der Waals surface area contributed by atoms with E-state index in [0.29, 0.717) is 12.1 Å². The Morgan fingerprint density at radius 3 is 2.68 bits per heavy atom. The number of pyridine rings is 1. The number of aryl methyl sites for hydroxylation is 2. The summed E-state index contributed by atoms with van der Waals surface area (Å²) < 4.78 is 0. The van der Waals surface area contributed by atoms with Crippen LogP contribution in [0.4, 0.5) is 0 Å². The van der Waals surface area contributed by atoms with Crippen LogP contribution in [0.5, 0.6) is 0 Å². The van der Waals surface area contributed by atoms with E-state index in [9.17, 15) is 9.59 Å². The molecule has 6 heteroatoms. The molecule has 0 aliphatic heterocycles. The first-order valence-corrected chi connectivity index (χ1v) is 8.01. The van der Waals surface area contributed by atoms with Crippen molar-refractivity contribution >= 4 is 17.2 Å². The average Bonchev–Trinajstić information content (AvgIpc) is 2.91. The molecule has 0 fully saturated rings. The Morgan fingerprint density at radius 1 is 1.41 bits per heavy atom. The van der Waals surface area contributed by atoms with Gasteiger partial charge in [0.15, 0.2) is 0 Å². The van der Waals surface area contributed by atoms with Crippen molar-refractivity contribution in [3.05, 3.63) is 55.6 Å². The molecule has 0 spiro atoms. The van der Waals surface area contributed by atoms with Crippen molar-refractivity contribution in [1.29, 1.82) is 0 Å². The minimum Gasteiger partial charge on any atom is -0.350 e. The molecule has 0 unspecified atom stereocenters. The summed E-state index contributed by atoms with van der Waals surface area (Å²) in [6.45, 7) is 4.03. The fourth-order valence-corrected chi connectivity index (χ4v) is 3.18. The number of rotatable bonds is 5. The van der Waals surface area contributed by atoms with Gasteiger partial charge in [-0.25, -0.2) is 0 Å². The summed E-state index contributed by atoms with van der Waals surface area (Å²) in [4.78, 5) is 29.1. The fourth-order valence-electron chi connectivity index (χ4n) is 2.48. The number of aromatic amines is 1. The number of hydrogen-bond acceptors (Lipinski definition) is 4. The van der Waals surface area contributed by atoms with Gasteiger partial charge in [0.25, 0.3) is 11.5 Å². The Balaban J connectivity index is 2.14. The van der Waals surface area contributed by atoms with Crippen LogP contribution in [0.15, 0.2) is 27.7 Å². The van der Waals surface area contributed by atoms with E-state index in [-0.39, 0.29) is 23.1 Å². The topological polar surface area (TPSA) is 65.2 Å². The molecule has 0 saturated heterocycles. The highest BCUT2D eigenvalue weighted by molar-refractivity contribution is 7.07. The first-order chi connectivity index (χ1) is 10.4. The Hall–Kier alpha value is -1.92. The Bertz CT molecular complexity index is 705. The van der Waals surface area contributed by atoms with Gasteiger partial charge in [-0.2, -0.15) is 11.3 Å². The van der Waals surface area contributed by atoms with Crippen molar-refractivity contribution in [1.82, 2.24) is 15.2 Å². The van der Waals surface area contributed by atoms with Gasteiger partial charge < -0.3 is 15.2 Å². The summed E-state index contributed by atoms with van der Waals surface area (Å²) in [7, 11) is 3.94. The third-order valence-electron chi connectivity index (χ3n) is 3.60. The number of likely N-dealkylation sites (N-methyl/N-ethyl adjacent to an activating group) is 1. The minimum absolute atomic E-state index is 0.0834. The maximum atomic E-state index is 12.3. The quantitative estimate of drug-likeness (QED) is 0.887. The van der Waals surface area contributed by atoms with Crippen LogP contribution in [0, 0.1) is 13.8 Å². The van der Waals surface area contributed by atoms with Gasteiger partial charge in [-0.05, 0) is 62.0 Å². The lowest BCUT2D eigenvalue weighted by atomic mass is 10.1. The summed E-state index contributed by atoms with van der Waals surface area (Å²) in [5.41, 5.74) is 2.45. The number of thiophene rings is 1. The van der Waals surface area contributed by atoms with Gasteiger partial charge in [0.1, 0.15) is 5.56 Å². The van der Waals surface area contributed by atoms with Crippen LogP contribution in [0.1, 0.15) is 33.2 Å². The van der Waals surface area contributed by atoms with Crippen molar-refractivity contribution in [3.8, 4) is 0 Å². The largest absolute Gasteiger partial charge is 0.350 e. The van der Waals surface area contributed by atoms with E-state index in [1.54, 1.807) is 31.3 Å². The first-order valence-electron chi connectivity index (χ1n) is 7.07. The number of H-pyrrole nitrogens is 1. The highest BCUT2D eigenvalue weighted by atomic mass is 32.1. The zero-order valence-corrected chi connectivity index (χ0v) is 14.1. The molecule has 2 rings (SSSR count). The number of carbonyl (C=O) groups is 1. The molecule has 1 amide bonds. The van der Waals surface area contributed by atoms with Crippen molar-refractivity contribution in [3.63, 3.8) is 0 Å². The fraction of sp³-hybridized carbons (Fsp3) is 0.375. The monoisotopic (exact) mass is 319 g/mol. The van der Waals surface area contributed by atoms with Gasteiger partial charge in [-0.3, -0.25) is 9.59 Å². The molecule has 0 aliphatic carbocycles. The number of amides is 1. The second kappa shape index (κ2) is 6.89. The molecule has 0 aromatic carbocycles. The van der Waals surface area contributed by atoms with E-state index in [2.05, 4.69) is 20.6 Å². The molecule has 118 valence electrons. The summed E-state index contributed by atoms with van der Waals surface area (Å²) in [6, 6.07) is 3.93. The van der Waals surface area contributed by atoms with Crippen LogP contribution in [-0.4, -0.2) is 36.4 Å². The lowest BCUT2D eigenvalue weighted by molar-refractivity contribution is 0.0940. The predicted molar refractivity (Wildman–Crippen MR) is 89.6 cm³/mol. The van der Waals surface area contributed by atoms with E-state index in [4.69, 9.17) is 0 Å². The predicted octanol–water partition coefficient (Wildman–Crippen LogP) is 2.09. The molecule has 0 radical (unpaired) electrons. The number of hydrogen-bond donors (Lipinski definition) is 2. The number of carbonyl (C=O) groups excluding carboxylic acids is 1. The van der Waals surface area contributed by atoms with Crippen molar-refractivity contribution in [2.75, 3.05) is 20.6 Å². The van der Waals surface area contributed by atoms with Crippen LogP contribution in [-0.2, 0) is 0 Å². The van der Waals surface area contributed by atoms with E-state index < -0.39 is 0 Å². The van der Waals surface area contributed by atoms with Crippen molar-refractivity contribution in [2.45, 2.75) is 19.9 Å². The average molecular weight is 319 g/mol. The minimum atomic E-state index is -0.341. The third-order valence-corrected chi connectivity index (χ3v) is 4.30. The zero-order chi connectivity index (χ0) is 16.3. The van der Waals surface area contributed by atoms with Crippen LogP contribution < -0.4 is 10.9 Å². The van der Waals surface area contributed by atoms with Gasteiger partial charge in [-0.1, -0.05) is 0 Å². The van der Waals surface area contributed by atoms with Gasteiger partial charge in [0.05, 0.1) is 6.04 Å². The van der Waals surface area contributed by atoms with Gasteiger partial charge in [0.2, 0.25) is 0 Å².